The van der Waals surface area contributed by atoms with E-state index in [0.717, 1.165) is 18.7 Å². The van der Waals surface area contributed by atoms with E-state index in [2.05, 4.69) is 4.90 Å². The molecule has 0 spiro atoms. The minimum atomic E-state index is -0.881. The second-order valence-electron chi connectivity index (χ2n) is 6.63. The monoisotopic (exact) mass is 294 g/mol. The van der Waals surface area contributed by atoms with E-state index in [1.54, 1.807) is 6.07 Å². The Bertz CT molecular complexity index is 521. The summed E-state index contributed by atoms with van der Waals surface area (Å²) in [6.07, 6.45) is -0.411. The molecule has 0 aliphatic carbocycles. The number of ether oxygens (including phenoxy) is 1. The van der Waals surface area contributed by atoms with Crippen LogP contribution in [0.5, 0.6) is 0 Å². The molecule has 1 aliphatic rings. The van der Waals surface area contributed by atoms with Crippen molar-refractivity contribution in [3.05, 3.63) is 35.1 Å². The lowest BCUT2D eigenvalue weighted by molar-refractivity contribution is 0.0322. The third-order valence-corrected chi connectivity index (χ3v) is 3.77. The summed E-state index contributed by atoms with van der Waals surface area (Å²) in [4.78, 5) is 13.4. The number of hydrogen-bond acceptors (Lipinski definition) is 3. The lowest BCUT2D eigenvalue weighted by Gasteiger charge is -2.35. The van der Waals surface area contributed by atoms with Crippen molar-refractivity contribution >= 4 is 6.09 Å². The van der Waals surface area contributed by atoms with Crippen LogP contribution in [-0.4, -0.2) is 24.1 Å². The molecule has 1 saturated heterocycles. The molecular formula is C16H23FN2O2. The Hall–Kier alpha value is -1.62. The quantitative estimate of drug-likeness (QED) is 0.927. The summed E-state index contributed by atoms with van der Waals surface area (Å²) in [5.41, 5.74) is 6.03. The standard InChI is InChI=1S/C16H23FN2O2/c1-16(2,3)14(21-15(18)20)13-11(6-4-7-12(13)17)10-19-8-5-9-19/h4,6-7,14H,5,8-10H2,1-3H3,(H2,18,20). The fourth-order valence-corrected chi connectivity index (χ4v) is 2.58. The molecule has 1 heterocycles. The van der Waals surface area contributed by atoms with Gasteiger partial charge in [-0.2, -0.15) is 0 Å². The smallest absolute Gasteiger partial charge is 0.405 e. The van der Waals surface area contributed by atoms with Crippen molar-refractivity contribution in [2.24, 2.45) is 11.1 Å². The fraction of sp³-hybridized carbons (Fsp3) is 0.562. The number of halogens is 1. The molecule has 0 bridgehead atoms. The first kappa shape index (κ1) is 15.8. The number of carbonyl (C=O) groups excluding carboxylic acids is 1. The maximum Gasteiger partial charge on any atom is 0.405 e. The number of carbonyl (C=O) groups is 1. The number of primary amides is 1. The Morgan fingerprint density at radius 1 is 1.43 bits per heavy atom. The molecule has 0 aromatic heterocycles. The normalized spacial score (nSPS) is 17.1. The van der Waals surface area contributed by atoms with Crippen LogP contribution in [0.3, 0.4) is 0 Å². The lowest BCUT2D eigenvalue weighted by atomic mass is 9.82. The van der Waals surface area contributed by atoms with Crippen LogP contribution in [0.15, 0.2) is 18.2 Å². The highest BCUT2D eigenvalue weighted by Gasteiger charge is 2.34. The van der Waals surface area contributed by atoms with Gasteiger partial charge in [0, 0.05) is 17.5 Å². The third kappa shape index (κ3) is 3.73. The van der Waals surface area contributed by atoms with Gasteiger partial charge >= 0.3 is 6.09 Å². The second-order valence-corrected chi connectivity index (χ2v) is 6.63. The number of likely N-dealkylation sites (tertiary alicyclic amines) is 1. The highest BCUT2D eigenvalue weighted by molar-refractivity contribution is 5.65. The molecule has 21 heavy (non-hydrogen) atoms. The molecule has 1 atom stereocenters. The van der Waals surface area contributed by atoms with Gasteiger partial charge in [0.25, 0.3) is 0 Å². The topological polar surface area (TPSA) is 55.6 Å². The molecule has 1 fully saturated rings. The summed E-state index contributed by atoms with van der Waals surface area (Å²) in [5, 5.41) is 0. The van der Waals surface area contributed by atoms with Gasteiger partial charge in [0.1, 0.15) is 11.9 Å². The van der Waals surface area contributed by atoms with Crippen molar-refractivity contribution < 1.29 is 13.9 Å². The first-order chi connectivity index (χ1) is 9.79. The van der Waals surface area contributed by atoms with Crippen molar-refractivity contribution in [2.45, 2.75) is 39.8 Å². The van der Waals surface area contributed by atoms with Crippen LogP contribution in [0, 0.1) is 11.2 Å². The van der Waals surface area contributed by atoms with Gasteiger partial charge in [-0.15, -0.1) is 0 Å². The summed E-state index contributed by atoms with van der Waals surface area (Å²) >= 11 is 0. The molecule has 116 valence electrons. The first-order valence-corrected chi connectivity index (χ1v) is 7.25. The van der Waals surface area contributed by atoms with Gasteiger partial charge in [-0.1, -0.05) is 32.9 Å². The molecule has 1 amide bonds. The molecule has 2 rings (SSSR count). The van der Waals surface area contributed by atoms with Crippen molar-refractivity contribution in [2.75, 3.05) is 13.1 Å². The van der Waals surface area contributed by atoms with Crippen LogP contribution in [-0.2, 0) is 11.3 Å². The van der Waals surface area contributed by atoms with E-state index in [0.29, 0.717) is 12.1 Å². The predicted octanol–water partition coefficient (Wildman–Crippen LogP) is 3.21. The largest absolute Gasteiger partial charge is 0.441 e. The molecule has 1 aromatic carbocycles. The third-order valence-electron chi connectivity index (χ3n) is 3.77. The number of rotatable bonds is 4. The molecule has 1 aliphatic heterocycles. The van der Waals surface area contributed by atoms with Gasteiger partial charge in [0.05, 0.1) is 0 Å². The Labute approximate surface area is 125 Å². The summed E-state index contributed by atoms with van der Waals surface area (Å²) in [6, 6.07) is 4.98. The van der Waals surface area contributed by atoms with Crippen LogP contribution in [0.2, 0.25) is 0 Å². The van der Waals surface area contributed by atoms with Crippen LogP contribution in [0.25, 0.3) is 0 Å². The number of nitrogens with two attached hydrogens (primary N) is 1. The average molecular weight is 294 g/mol. The zero-order valence-electron chi connectivity index (χ0n) is 12.9. The van der Waals surface area contributed by atoms with Gasteiger partial charge in [0.2, 0.25) is 0 Å². The zero-order valence-corrected chi connectivity index (χ0v) is 12.9. The van der Waals surface area contributed by atoms with Crippen LogP contribution in [0.1, 0.15) is 44.4 Å². The van der Waals surface area contributed by atoms with E-state index in [9.17, 15) is 9.18 Å². The van der Waals surface area contributed by atoms with Gasteiger partial charge in [-0.05, 0) is 31.1 Å². The maximum atomic E-state index is 14.4. The summed E-state index contributed by atoms with van der Waals surface area (Å²) < 4.78 is 19.6. The molecule has 5 heteroatoms. The second kappa shape index (κ2) is 6.02. The fourth-order valence-electron chi connectivity index (χ4n) is 2.58. The van der Waals surface area contributed by atoms with Crippen molar-refractivity contribution in [3.8, 4) is 0 Å². The van der Waals surface area contributed by atoms with Crippen LogP contribution < -0.4 is 5.73 Å². The first-order valence-electron chi connectivity index (χ1n) is 7.25. The molecule has 0 radical (unpaired) electrons. The van der Waals surface area contributed by atoms with Gasteiger partial charge in [-0.3, -0.25) is 4.90 Å². The highest BCUT2D eigenvalue weighted by Crippen LogP contribution is 2.39. The van der Waals surface area contributed by atoms with Crippen LogP contribution >= 0.6 is 0 Å². The minimum Gasteiger partial charge on any atom is -0.441 e. The zero-order chi connectivity index (χ0) is 15.6. The number of nitrogens with zero attached hydrogens (tertiary/aromatic N) is 1. The summed E-state index contributed by atoms with van der Waals surface area (Å²) in [7, 11) is 0. The van der Waals surface area contributed by atoms with Gasteiger partial charge < -0.3 is 10.5 Å². The van der Waals surface area contributed by atoms with E-state index in [1.165, 1.54) is 12.5 Å². The average Bonchev–Trinajstić information content (AvgIpc) is 2.30. The summed E-state index contributed by atoms with van der Waals surface area (Å²) in [5.74, 6) is -0.353. The van der Waals surface area contributed by atoms with Crippen molar-refractivity contribution in [3.63, 3.8) is 0 Å². The molecule has 1 unspecified atom stereocenters. The number of benzene rings is 1. The SMILES string of the molecule is CC(C)(C)C(OC(N)=O)c1c(F)cccc1CN1CCC1. The Kier molecular flexibility index (Phi) is 4.52. The summed E-state index contributed by atoms with van der Waals surface area (Å²) in [6.45, 7) is 8.42. The van der Waals surface area contributed by atoms with E-state index in [1.807, 2.05) is 26.8 Å². The predicted molar refractivity (Wildman–Crippen MR) is 79.2 cm³/mol. The molecule has 2 N–H and O–H groups in total. The highest BCUT2D eigenvalue weighted by atomic mass is 19.1. The van der Waals surface area contributed by atoms with E-state index in [4.69, 9.17) is 10.5 Å². The van der Waals surface area contributed by atoms with E-state index in [-0.39, 0.29) is 5.82 Å². The van der Waals surface area contributed by atoms with Crippen LogP contribution in [0.4, 0.5) is 9.18 Å². The number of amides is 1. The van der Waals surface area contributed by atoms with E-state index < -0.39 is 17.6 Å². The molecule has 4 nitrogen and oxygen atoms in total. The Balaban J connectivity index is 2.39. The van der Waals surface area contributed by atoms with Crippen molar-refractivity contribution in [1.82, 2.24) is 4.90 Å². The molecule has 1 aromatic rings. The minimum absolute atomic E-state index is 0.353. The van der Waals surface area contributed by atoms with Crippen molar-refractivity contribution in [1.29, 1.82) is 0 Å². The maximum absolute atomic E-state index is 14.4. The Morgan fingerprint density at radius 2 is 2.10 bits per heavy atom. The van der Waals surface area contributed by atoms with Gasteiger partial charge in [-0.25, -0.2) is 9.18 Å². The number of hydrogen-bond donors (Lipinski definition) is 1. The Morgan fingerprint density at radius 3 is 2.57 bits per heavy atom. The lowest BCUT2D eigenvalue weighted by Crippen LogP contribution is -2.37. The molecular weight excluding hydrogens is 271 g/mol. The van der Waals surface area contributed by atoms with Gasteiger partial charge in [0.15, 0.2) is 0 Å². The molecule has 0 saturated carbocycles. The van der Waals surface area contributed by atoms with E-state index >= 15 is 0 Å².